The summed E-state index contributed by atoms with van der Waals surface area (Å²) in [4.78, 5) is 3.95. The Morgan fingerprint density at radius 2 is 1.97 bits per heavy atom. The van der Waals surface area contributed by atoms with Gasteiger partial charge in [0.2, 0.25) is 0 Å². The van der Waals surface area contributed by atoms with E-state index in [2.05, 4.69) is 52.3 Å². The molecular formula is C24H30N4O3S. The van der Waals surface area contributed by atoms with Crippen LogP contribution < -0.4 is 14.8 Å². The minimum absolute atomic E-state index is 0.0204. The number of nitrogens with zero attached hydrogens (tertiary/aromatic N) is 2. The van der Waals surface area contributed by atoms with Crippen molar-refractivity contribution in [2.45, 2.75) is 43.3 Å². The number of sulfonamides is 1. The van der Waals surface area contributed by atoms with Gasteiger partial charge in [-0.3, -0.25) is 0 Å². The van der Waals surface area contributed by atoms with Crippen molar-refractivity contribution < 1.29 is 13.2 Å². The highest BCUT2D eigenvalue weighted by Crippen LogP contribution is 2.37. The quantitative estimate of drug-likeness (QED) is 0.519. The minimum atomic E-state index is -3.67. The molecule has 2 atom stereocenters. The zero-order valence-electron chi connectivity index (χ0n) is 18.5. The third-order valence-electron chi connectivity index (χ3n) is 5.76. The van der Waals surface area contributed by atoms with Crippen molar-refractivity contribution in [3.8, 4) is 5.75 Å². The first-order valence-corrected chi connectivity index (χ1v) is 12.4. The van der Waals surface area contributed by atoms with Gasteiger partial charge in [-0.1, -0.05) is 49.4 Å². The average molecular weight is 455 g/mol. The second-order valence-corrected chi connectivity index (χ2v) is 9.96. The van der Waals surface area contributed by atoms with Crippen LogP contribution in [0, 0.1) is 0 Å². The molecule has 1 aliphatic heterocycles. The summed E-state index contributed by atoms with van der Waals surface area (Å²) in [5.74, 6) is 1.11. The van der Waals surface area contributed by atoms with E-state index in [1.807, 2.05) is 18.2 Å². The van der Waals surface area contributed by atoms with Crippen molar-refractivity contribution in [2.24, 2.45) is 7.05 Å². The van der Waals surface area contributed by atoms with Gasteiger partial charge in [0.15, 0.2) is 5.03 Å². The highest BCUT2D eigenvalue weighted by molar-refractivity contribution is 7.89. The van der Waals surface area contributed by atoms with Crippen LogP contribution in [0.5, 0.6) is 5.75 Å². The predicted molar refractivity (Wildman–Crippen MR) is 124 cm³/mol. The lowest BCUT2D eigenvalue weighted by Crippen LogP contribution is -2.43. The molecule has 0 saturated carbocycles. The van der Waals surface area contributed by atoms with E-state index in [0.29, 0.717) is 6.61 Å². The molecule has 0 spiro atoms. The zero-order valence-corrected chi connectivity index (χ0v) is 19.3. The van der Waals surface area contributed by atoms with Gasteiger partial charge in [-0.2, -0.15) is 0 Å². The molecule has 0 fully saturated rings. The lowest BCUT2D eigenvalue weighted by molar-refractivity contribution is 0.212. The Labute approximate surface area is 189 Å². The summed E-state index contributed by atoms with van der Waals surface area (Å²) in [6, 6.07) is 16.6. The van der Waals surface area contributed by atoms with E-state index in [0.717, 1.165) is 36.3 Å². The fourth-order valence-electron chi connectivity index (χ4n) is 4.07. The molecule has 0 radical (unpaired) electrons. The molecule has 2 heterocycles. The maximum atomic E-state index is 12.6. The molecule has 0 unspecified atom stereocenters. The largest absolute Gasteiger partial charge is 0.492 e. The number of hydrogen-bond acceptors (Lipinski definition) is 5. The Morgan fingerprint density at radius 3 is 2.69 bits per heavy atom. The van der Waals surface area contributed by atoms with Crippen LogP contribution in [0.15, 0.2) is 66.1 Å². The molecule has 0 amide bonds. The zero-order chi connectivity index (χ0) is 22.6. The molecule has 170 valence electrons. The summed E-state index contributed by atoms with van der Waals surface area (Å²) in [5.41, 5.74) is 3.28. The molecule has 2 aromatic carbocycles. The average Bonchev–Trinajstić information content (AvgIpc) is 3.25. The fraction of sp³-hybridized carbons (Fsp3) is 0.375. The van der Waals surface area contributed by atoms with E-state index in [1.165, 1.54) is 18.1 Å². The maximum Gasteiger partial charge on any atom is 0.259 e. The molecule has 0 bridgehead atoms. The third kappa shape index (κ3) is 5.20. The topological polar surface area (TPSA) is 85.3 Å². The molecule has 2 N–H and O–H groups in total. The normalized spacial score (nSPS) is 18.2. The standard InChI is InChI=1S/C24H30N4O3S/c1-3-11-25-22-16-31-23-10-9-19(14-27-32(29,30)24-15-28(2)17-26-24)13-21(23)20(22)12-18-7-5-4-6-8-18/h4-10,13,15,17,20,22,25,27H,3,11-12,14,16H2,1-2H3/t20-,22+/m1/s1. The summed E-state index contributed by atoms with van der Waals surface area (Å²) in [7, 11) is -1.93. The van der Waals surface area contributed by atoms with E-state index in [1.54, 1.807) is 11.6 Å². The lowest BCUT2D eigenvalue weighted by atomic mass is 9.83. The van der Waals surface area contributed by atoms with Crippen LogP contribution in [0.4, 0.5) is 0 Å². The van der Waals surface area contributed by atoms with Crippen LogP contribution in [0.3, 0.4) is 0 Å². The van der Waals surface area contributed by atoms with E-state index in [-0.39, 0.29) is 23.5 Å². The summed E-state index contributed by atoms with van der Waals surface area (Å²) in [6.07, 6.45) is 4.91. The molecule has 8 heteroatoms. The minimum Gasteiger partial charge on any atom is -0.492 e. The Hall–Kier alpha value is -2.68. The number of aromatic nitrogens is 2. The van der Waals surface area contributed by atoms with Gasteiger partial charge in [-0.15, -0.1) is 0 Å². The van der Waals surface area contributed by atoms with Crippen molar-refractivity contribution in [1.82, 2.24) is 19.6 Å². The maximum absolute atomic E-state index is 12.6. The smallest absolute Gasteiger partial charge is 0.259 e. The number of benzene rings is 2. The van der Waals surface area contributed by atoms with Crippen molar-refractivity contribution >= 4 is 10.0 Å². The summed E-state index contributed by atoms with van der Waals surface area (Å²) in [6.45, 7) is 3.90. The predicted octanol–water partition coefficient (Wildman–Crippen LogP) is 2.99. The first kappa shape index (κ1) is 22.5. The summed E-state index contributed by atoms with van der Waals surface area (Å²) in [5, 5.41) is 3.66. The number of hydrogen-bond donors (Lipinski definition) is 2. The summed E-state index contributed by atoms with van der Waals surface area (Å²) >= 11 is 0. The molecular weight excluding hydrogens is 424 g/mol. The second-order valence-electron chi connectivity index (χ2n) is 8.24. The molecule has 7 nitrogen and oxygen atoms in total. The van der Waals surface area contributed by atoms with Gasteiger partial charge in [-0.25, -0.2) is 18.1 Å². The second kappa shape index (κ2) is 9.85. The molecule has 1 aromatic heterocycles. The van der Waals surface area contributed by atoms with Crippen molar-refractivity contribution in [2.75, 3.05) is 13.2 Å². The molecule has 3 aromatic rings. The van der Waals surface area contributed by atoms with Gasteiger partial charge in [0.1, 0.15) is 12.4 Å². The van der Waals surface area contributed by atoms with Gasteiger partial charge in [-0.05, 0) is 42.1 Å². The van der Waals surface area contributed by atoms with E-state index < -0.39 is 10.0 Å². The monoisotopic (exact) mass is 454 g/mol. The van der Waals surface area contributed by atoms with Crippen molar-refractivity contribution in [3.05, 3.63) is 77.7 Å². The molecule has 0 saturated heterocycles. The number of rotatable bonds is 9. The Morgan fingerprint density at radius 1 is 1.16 bits per heavy atom. The molecule has 1 aliphatic rings. The van der Waals surface area contributed by atoms with Crippen LogP contribution in [0.2, 0.25) is 0 Å². The van der Waals surface area contributed by atoms with E-state index in [9.17, 15) is 8.42 Å². The first-order chi connectivity index (χ1) is 15.5. The number of ether oxygens (including phenoxy) is 1. The number of aryl methyl sites for hydroxylation is 1. The van der Waals surface area contributed by atoms with Crippen LogP contribution >= 0.6 is 0 Å². The third-order valence-corrected chi connectivity index (χ3v) is 7.04. The summed E-state index contributed by atoms with van der Waals surface area (Å²) < 4.78 is 35.5. The molecule has 0 aliphatic carbocycles. The van der Waals surface area contributed by atoms with Crippen molar-refractivity contribution in [1.29, 1.82) is 0 Å². The SMILES string of the molecule is CCCN[C@H]1COc2ccc(CNS(=O)(=O)c3cn(C)cn3)cc2[C@H]1Cc1ccccc1. The Kier molecular flexibility index (Phi) is 6.93. The van der Waals surface area contributed by atoms with Gasteiger partial charge in [0, 0.05) is 31.7 Å². The van der Waals surface area contributed by atoms with E-state index >= 15 is 0 Å². The Balaban J connectivity index is 1.57. The molecule has 32 heavy (non-hydrogen) atoms. The van der Waals surface area contributed by atoms with Crippen LogP contribution in [0.25, 0.3) is 0 Å². The lowest BCUT2D eigenvalue weighted by Gasteiger charge is -2.35. The van der Waals surface area contributed by atoms with Crippen LogP contribution in [-0.4, -0.2) is 37.2 Å². The van der Waals surface area contributed by atoms with Crippen LogP contribution in [-0.2, 0) is 30.0 Å². The van der Waals surface area contributed by atoms with Gasteiger partial charge < -0.3 is 14.6 Å². The van der Waals surface area contributed by atoms with E-state index in [4.69, 9.17) is 4.74 Å². The van der Waals surface area contributed by atoms with Gasteiger partial charge in [0.25, 0.3) is 10.0 Å². The van der Waals surface area contributed by atoms with Crippen LogP contribution in [0.1, 0.15) is 36.0 Å². The van der Waals surface area contributed by atoms with Crippen molar-refractivity contribution in [3.63, 3.8) is 0 Å². The number of imidazole rings is 1. The number of fused-ring (bicyclic) bond motifs is 1. The molecule has 4 rings (SSSR count). The first-order valence-electron chi connectivity index (χ1n) is 11.0. The highest BCUT2D eigenvalue weighted by atomic mass is 32.2. The number of nitrogens with one attached hydrogen (secondary N) is 2. The Bertz CT molecular complexity index is 1150. The fourth-order valence-corrected chi connectivity index (χ4v) is 5.07. The van der Waals surface area contributed by atoms with Gasteiger partial charge in [0.05, 0.1) is 6.33 Å². The van der Waals surface area contributed by atoms with Gasteiger partial charge >= 0.3 is 0 Å². The highest BCUT2D eigenvalue weighted by Gasteiger charge is 2.31.